The second kappa shape index (κ2) is 4.15. The van der Waals surface area contributed by atoms with Crippen LogP contribution < -0.4 is 5.73 Å². The molecule has 7 heteroatoms. The van der Waals surface area contributed by atoms with Crippen LogP contribution in [0.15, 0.2) is 30.5 Å². The third-order valence-corrected chi connectivity index (χ3v) is 2.94. The molecule has 0 unspecified atom stereocenters. The van der Waals surface area contributed by atoms with E-state index in [1.165, 1.54) is 0 Å². The van der Waals surface area contributed by atoms with Crippen LogP contribution in [0.1, 0.15) is 0 Å². The molecule has 3 aromatic rings. The number of rotatable bonds is 2. The van der Waals surface area contributed by atoms with Gasteiger partial charge < -0.3 is 5.73 Å². The largest absolute Gasteiger partial charge is 0.382 e. The lowest BCUT2D eigenvalue weighted by Crippen LogP contribution is -1.89. The van der Waals surface area contributed by atoms with Gasteiger partial charge in [-0.15, -0.1) is 0 Å². The molecule has 2 aromatic heterocycles. The average Bonchev–Trinajstić information content (AvgIpc) is 2.99. The Balaban J connectivity index is 2.24. The van der Waals surface area contributed by atoms with Crippen molar-refractivity contribution in [2.24, 2.45) is 0 Å². The van der Waals surface area contributed by atoms with Gasteiger partial charge in [0.25, 0.3) is 0 Å². The Kier molecular flexibility index (Phi) is 2.49. The fourth-order valence-corrected chi connectivity index (χ4v) is 2.03. The number of halogens is 1. The average molecular weight is 261 g/mol. The standard InChI is InChI=1S/C11H9ClN6/c12-7-4-2-1-3-6(7)9-10(16-17-11(9)13)8-5-14-18-15-8/h1-5H,(H3,13,16,17)(H,14,15,18). The Bertz CT molecular complexity index is 673. The Labute approximate surface area is 107 Å². The van der Waals surface area contributed by atoms with Gasteiger partial charge in [-0.25, -0.2) is 0 Å². The van der Waals surface area contributed by atoms with Crippen molar-refractivity contribution in [1.82, 2.24) is 25.6 Å². The zero-order valence-electron chi connectivity index (χ0n) is 9.18. The Morgan fingerprint density at radius 3 is 2.72 bits per heavy atom. The Morgan fingerprint density at radius 1 is 1.17 bits per heavy atom. The molecule has 0 amide bonds. The number of H-pyrrole nitrogens is 2. The van der Waals surface area contributed by atoms with E-state index >= 15 is 0 Å². The minimum atomic E-state index is 0.376. The van der Waals surface area contributed by atoms with Crippen LogP contribution in [-0.4, -0.2) is 25.6 Å². The van der Waals surface area contributed by atoms with Crippen molar-refractivity contribution in [2.75, 3.05) is 5.73 Å². The lowest BCUT2D eigenvalue weighted by molar-refractivity contribution is 0.940. The van der Waals surface area contributed by atoms with Gasteiger partial charge in [0.2, 0.25) is 0 Å². The summed E-state index contributed by atoms with van der Waals surface area (Å²) in [5, 5.41) is 17.8. The van der Waals surface area contributed by atoms with Crippen LogP contribution in [0.4, 0.5) is 5.82 Å². The van der Waals surface area contributed by atoms with Gasteiger partial charge in [-0.05, 0) is 6.07 Å². The van der Waals surface area contributed by atoms with E-state index in [1.807, 2.05) is 18.2 Å². The number of aromatic amines is 2. The molecule has 0 aliphatic heterocycles. The highest BCUT2D eigenvalue weighted by atomic mass is 35.5. The van der Waals surface area contributed by atoms with Gasteiger partial charge in [0.15, 0.2) is 5.82 Å². The summed E-state index contributed by atoms with van der Waals surface area (Å²) in [5.41, 5.74) is 8.75. The van der Waals surface area contributed by atoms with Crippen LogP contribution in [-0.2, 0) is 0 Å². The number of hydrogen-bond acceptors (Lipinski definition) is 4. The second-order valence-electron chi connectivity index (χ2n) is 3.69. The number of hydrogen-bond donors (Lipinski definition) is 3. The summed E-state index contributed by atoms with van der Waals surface area (Å²) in [6.07, 6.45) is 1.59. The zero-order chi connectivity index (χ0) is 12.5. The molecule has 0 atom stereocenters. The summed E-state index contributed by atoms with van der Waals surface area (Å²) in [6.45, 7) is 0. The number of nitrogens with one attached hydrogen (secondary N) is 2. The van der Waals surface area contributed by atoms with Crippen molar-refractivity contribution in [1.29, 1.82) is 0 Å². The highest BCUT2D eigenvalue weighted by Gasteiger charge is 2.18. The van der Waals surface area contributed by atoms with Gasteiger partial charge >= 0.3 is 0 Å². The van der Waals surface area contributed by atoms with E-state index in [4.69, 9.17) is 17.3 Å². The monoisotopic (exact) mass is 260 g/mol. The maximum atomic E-state index is 6.18. The molecule has 6 nitrogen and oxygen atoms in total. The van der Waals surface area contributed by atoms with Crippen molar-refractivity contribution in [3.63, 3.8) is 0 Å². The predicted molar refractivity (Wildman–Crippen MR) is 68.8 cm³/mol. The molecular formula is C11H9ClN6. The smallest absolute Gasteiger partial charge is 0.153 e. The molecule has 4 N–H and O–H groups in total. The maximum Gasteiger partial charge on any atom is 0.153 e. The van der Waals surface area contributed by atoms with Crippen LogP contribution >= 0.6 is 11.6 Å². The molecule has 1 aromatic carbocycles. The van der Waals surface area contributed by atoms with E-state index < -0.39 is 0 Å². The highest BCUT2D eigenvalue weighted by molar-refractivity contribution is 6.33. The first-order chi connectivity index (χ1) is 8.77. The van der Waals surface area contributed by atoms with Crippen LogP contribution in [0, 0.1) is 0 Å². The molecule has 2 heterocycles. The summed E-state index contributed by atoms with van der Waals surface area (Å²) in [7, 11) is 0. The number of nitrogen functional groups attached to an aromatic ring is 1. The first-order valence-electron chi connectivity index (χ1n) is 5.22. The normalized spacial score (nSPS) is 10.7. The first kappa shape index (κ1) is 10.8. The van der Waals surface area contributed by atoms with Gasteiger partial charge in [0, 0.05) is 10.6 Å². The molecule has 0 bridgehead atoms. The van der Waals surface area contributed by atoms with E-state index in [0.29, 0.717) is 22.2 Å². The van der Waals surface area contributed by atoms with Crippen LogP contribution in [0.3, 0.4) is 0 Å². The fourth-order valence-electron chi connectivity index (χ4n) is 1.80. The van der Waals surface area contributed by atoms with Crippen LogP contribution in [0.5, 0.6) is 0 Å². The number of aromatic nitrogens is 5. The van der Waals surface area contributed by atoms with Crippen molar-refractivity contribution in [3.05, 3.63) is 35.5 Å². The highest BCUT2D eigenvalue weighted by Crippen LogP contribution is 2.37. The quantitative estimate of drug-likeness (QED) is 0.657. The molecule has 0 fully saturated rings. The third kappa shape index (κ3) is 1.63. The Hall–Kier alpha value is -2.34. The van der Waals surface area contributed by atoms with E-state index in [2.05, 4.69) is 25.6 Å². The van der Waals surface area contributed by atoms with E-state index in [9.17, 15) is 0 Å². The van der Waals surface area contributed by atoms with Crippen molar-refractivity contribution < 1.29 is 0 Å². The fraction of sp³-hybridized carbons (Fsp3) is 0. The molecule has 3 rings (SSSR count). The summed E-state index contributed by atoms with van der Waals surface area (Å²) in [6, 6.07) is 7.43. The van der Waals surface area contributed by atoms with Gasteiger partial charge in [-0.3, -0.25) is 5.10 Å². The van der Waals surface area contributed by atoms with Crippen LogP contribution in [0.25, 0.3) is 22.5 Å². The van der Waals surface area contributed by atoms with E-state index in [-0.39, 0.29) is 0 Å². The predicted octanol–water partition coefficient (Wildman–Crippen LogP) is 2.10. The van der Waals surface area contributed by atoms with Crippen molar-refractivity contribution >= 4 is 17.4 Å². The number of anilines is 1. The lowest BCUT2D eigenvalue weighted by atomic mass is 10.0. The molecular weight excluding hydrogens is 252 g/mol. The summed E-state index contributed by atoms with van der Waals surface area (Å²) < 4.78 is 0. The van der Waals surface area contributed by atoms with Gasteiger partial charge in [0.1, 0.15) is 5.69 Å². The van der Waals surface area contributed by atoms with Crippen molar-refractivity contribution in [2.45, 2.75) is 0 Å². The topological polar surface area (TPSA) is 96.3 Å². The third-order valence-electron chi connectivity index (χ3n) is 2.61. The second-order valence-corrected chi connectivity index (χ2v) is 4.10. The molecule has 0 aliphatic carbocycles. The maximum absolute atomic E-state index is 6.18. The summed E-state index contributed by atoms with van der Waals surface area (Å²) in [5.74, 6) is 0.376. The van der Waals surface area contributed by atoms with Gasteiger partial charge in [-0.1, -0.05) is 29.8 Å². The number of nitrogens with two attached hydrogens (primary N) is 1. The number of nitrogens with zero attached hydrogens (tertiary/aromatic N) is 3. The summed E-state index contributed by atoms with van der Waals surface area (Å²) >= 11 is 6.18. The molecule has 0 radical (unpaired) electrons. The minimum absolute atomic E-state index is 0.376. The zero-order valence-corrected chi connectivity index (χ0v) is 9.94. The lowest BCUT2D eigenvalue weighted by Gasteiger charge is -2.04. The van der Waals surface area contributed by atoms with Gasteiger partial charge in [0.05, 0.1) is 17.5 Å². The molecule has 18 heavy (non-hydrogen) atoms. The number of benzene rings is 1. The van der Waals surface area contributed by atoms with Crippen LogP contribution in [0.2, 0.25) is 5.02 Å². The van der Waals surface area contributed by atoms with E-state index in [0.717, 1.165) is 11.1 Å². The SMILES string of the molecule is Nc1n[nH]c(-c2cn[nH]n2)c1-c1ccccc1Cl. The molecule has 0 saturated heterocycles. The summed E-state index contributed by atoms with van der Waals surface area (Å²) in [4.78, 5) is 0. The Morgan fingerprint density at radius 2 is 2.00 bits per heavy atom. The van der Waals surface area contributed by atoms with Gasteiger partial charge in [-0.2, -0.15) is 20.5 Å². The molecule has 0 saturated carbocycles. The first-order valence-corrected chi connectivity index (χ1v) is 5.60. The van der Waals surface area contributed by atoms with E-state index in [1.54, 1.807) is 12.3 Å². The molecule has 0 aliphatic rings. The molecule has 90 valence electrons. The van der Waals surface area contributed by atoms with Crippen molar-refractivity contribution in [3.8, 4) is 22.5 Å². The minimum Gasteiger partial charge on any atom is -0.382 e. The molecule has 0 spiro atoms.